The molecule has 2 aromatic rings. The standard InChI is InChI=1S/C23H19BrFN3O5/c1-3-9-33-21-15(24)10-14(12-19(21)32-4-2)11-18-22(30)28(23(31)27-18)13-20(29)26-17-8-6-5-7-16(17)25/h1,5-8,10-12H,4,9,13H2,2H3,(H,26,29)(H,27,31)/b18-11+. The molecule has 0 unspecified atom stereocenters. The van der Waals surface area contributed by atoms with Gasteiger partial charge in [0, 0.05) is 0 Å². The van der Waals surface area contributed by atoms with Gasteiger partial charge in [-0.2, -0.15) is 0 Å². The van der Waals surface area contributed by atoms with Crippen molar-refractivity contribution in [2.24, 2.45) is 0 Å². The van der Waals surface area contributed by atoms with Crippen molar-refractivity contribution in [3.8, 4) is 23.8 Å². The predicted molar refractivity (Wildman–Crippen MR) is 123 cm³/mol. The van der Waals surface area contributed by atoms with Gasteiger partial charge in [0.2, 0.25) is 5.91 Å². The average molecular weight is 516 g/mol. The Morgan fingerprint density at radius 2 is 2.06 bits per heavy atom. The number of para-hydroxylation sites is 1. The van der Waals surface area contributed by atoms with Gasteiger partial charge >= 0.3 is 6.03 Å². The lowest BCUT2D eigenvalue weighted by Crippen LogP contribution is -2.38. The number of nitrogens with zero attached hydrogens (tertiary/aromatic N) is 1. The molecule has 1 heterocycles. The highest BCUT2D eigenvalue weighted by Gasteiger charge is 2.35. The summed E-state index contributed by atoms with van der Waals surface area (Å²) < 4.78 is 25.4. The second kappa shape index (κ2) is 10.7. The summed E-state index contributed by atoms with van der Waals surface area (Å²) in [6.07, 6.45) is 6.68. The number of carbonyl (C=O) groups excluding carboxylic acids is 3. The summed E-state index contributed by atoms with van der Waals surface area (Å²) in [5, 5.41) is 4.77. The van der Waals surface area contributed by atoms with Crippen LogP contribution in [0.15, 0.2) is 46.6 Å². The van der Waals surface area contributed by atoms with Crippen LogP contribution in [0.25, 0.3) is 6.08 Å². The van der Waals surface area contributed by atoms with Gasteiger partial charge in [0.1, 0.15) is 24.7 Å². The number of carbonyl (C=O) groups is 3. The van der Waals surface area contributed by atoms with Gasteiger partial charge in [-0.05, 0) is 58.8 Å². The Morgan fingerprint density at radius 3 is 2.76 bits per heavy atom. The van der Waals surface area contributed by atoms with Crippen molar-refractivity contribution in [1.29, 1.82) is 0 Å². The molecule has 0 spiro atoms. The lowest BCUT2D eigenvalue weighted by molar-refractivity contribution is -0.127. The largest absolute Gasteiger partial charge is 0.490 e. The van der Waals surface area contributed by atoms with E-state index in [4.69, 9.17) is 15.9 Å². The number of terminal acetylenes is 1. The van der Waals surface area contributed by atoms with E-state index in [1.165, 1.54) is 24.3 Å². The summed E-state index contributed by atoms with van der Waals surface area (Å²) in [6, 6.07) is 8.09. The molecule has 0 bridgehead atoms. The van der Waals surface area contributed by atoms with Crippen LogP contribution in [0.5, 0.6) is 11.5 Å². The van der Waals surface area contributed by atoms with E-state index in [2.05, 4.69) is 32.5 Å². The molecule has 3 rings (SSSR count). The number of benzene rings is 2. The Hall–Kier alpha value is -3.84. The SMILES string of the molecule is C#CCOc1c(Br)cc(/C=C2/NC(=O)N(CC(=O)Nc3ccccc3F)C2=O)cc1OCC. The normalized spacial score (nSPS) is 14.1. The first-order valence-corrected chi connectivity index (χ1v) is 10.5. The number of anilines is 1. The molecule has 4 amide bonds. The van der Waals surface area contributed by atoms with E-state index in [0.29, 0.717) is 28.1 Å². The smallest absolute Gasteiger partial charge is 0.329 e. The van der Waals surface area contributed by atoms with Crippen molar-refractivity contribution < 1.29 is 28.2 Å². The summed E-state index contributed by atoms with van der Waals surface area (Å²) in [5.41, 5.74) is 0.441. The van der Waals surface area contributed by atoms with Crippen molar-refractivity contribution in [3.05, 3.63) is 57.9 Å². The highest BCUT2D eigenvalue weighted by Crippen LogP contribution is 2.37. The van der Waals surface area contributed by atoms with E-state index in [9.17, 15) is 18.8 Å². The number of ether oxygens (including phenoxy) is 2. The van der Waals surface area contributed by atoms with Crippen LogP contribution in [0.4, 0.5) is 14.9 Å². The average Bonchev–Trinajstić information content (AvgIpc) is 3.02. The minimum absolute atomic E-state index is 0.0367. The minimum atomic E-state index is -0.770. The summed E-state index contributed by atoms with van der Waals surface area (Å²) in [6.45, 7) is 1.62. The zero-order valence-electron chi connectivity index (χ0n) is 17.5. The first-order valence-electron chi connectivity index (χ1n) is 9.75. The fourth-order valence-corrected chi connectivity index (χ4v) is 3.54. The number of amides is 4. The monoisotopic (exact) mass is 515 g/mol. The molecule has 10 heteroatoms. The number of hydrogen-bond acceptors (Lipinski definition) is 5. The molecule has 0 radical (unpaired) electrons. The van der Waals surface area contributed by atoms with Gasteiger partial charge in [-0.1, -0.05) is 18.1 Å². The van der Waals surface area contributed by atoms with Crippen LogP contribution in [-0.2, 0) is 9.59 Å². The van der Waals surface area contributed by atoms with Crippen LogP contribution >= 0.6 is 15.9 Å². The Kier molecular flexibility index (Phi) is 7.69. The number of rotatable bonds is 8. The highest BCUT2D eigenvalue weighted by atomic mass is 79.9. The topological polar surface area (TPSA) is 97.0 Å². The van der Waals surface area contributed by atoms with Gasteiger partial charge in [-0.3, -0.25) is 9.59 Å². The predicted octanol–water partition coefficient (Wildman–Crippen LogP) is 3.53. The van der Waals surface area contributed by atoms with Crippen LogP contribution in [0.1, 0.15) is 12.5 Å². The molecule has 0 atom stereocenters. The molecule has 1 saturated heterocycles. The third-order valence-electron chi connectivity index (χ3n) is 4.35. The molecule has 1 aliphatic rings. The summed E-state index contributed by atoms with van der Waals surface area (Å²) >= 11 is 3.39. The minimum Gasteiger partial charge on any atom is -0.490 e. The Labute approximate surface area is 197 Å². The van der Waals surface area contributed by atoms with Crippen LogP contribution in [0, 0.1) is 18.2 Å². The van der Waals surface area contributed by atoms with Gasteiger partial charge in [0.05, 0.1) is 16.8 Å². The van der Waals surface area contributed by atoms with Crippen molar-refractivity contribution in [3.63, 3.8) is 0 Å². The van der Waals surface area contributed by atoms with Crippen molar-refractivity contribution >= 4 is 45.5 Å². The summed E-state index contributed by atoms with van der Waals surface area (Å²) in [4.78, 5) is 38.0. The highest BCUT2D eigenvalue weighted by molar-refractivity contribution is 9.10. The first-order chi connectivity index (χ1) is 15.8. The van der Waals surface area contributed by atoms with Crippen LogP contribution in [0.3, 0.4) is 0 Å². The maximum Gasteiger partial charge on any atom is 0.329 e. The molecule has 170 valence electrons. The van der Waals surface area contributed by atoms with E-state index < -0.39 is 30.2 Å². The fraction of sp³-hybridized carbons (Fsp3) is 0.174. The Morgan fingerprint density at radius 1 is 1.30 bits per heavy atom. The lowest BCUT2D eigenvalue weighted by atomic mass is 10.1. The zero-order valence-corrected chi connectivity index (χ0v) is 19.1. The summed E-state index contributed by atoms with van der Waals surface area (Å²) in [7, 11) is 0. The number of hydrogen-bond donors (Lipinski definition) is 2. The molecule has 0 aliphatic carbocycles. The number of halogens is 2. The van der Waals surface area contributed by atoms with Crippen LogP contribution in [0.2, 0.25) is 0 Å². The molecular weight excluding hydrogens is 497 g/mol. The van der Waals surface area contributed by atoms with Gasteiger partial charge in [-0.15, -0.1) is 6.42 Å². The van der Waals surface area contributed by atoms with Crippen molar-refractivity contribution in [1.82, 2.24) is 10.2 Å². The number of imide groups is 1. The van der Waals surface area contributed by atoms with E-state index in [0.717, 1.165) is 4.90 Å². The van der Waals surface area contributed by atoms with Gasteiger partial charge in [0.25, 0.3) is 5.91 Å². The molecule has 33 heavy (non-hydrogen) atoms. The van der Waals surface area contributed by atoms with E-state index in [-0.39, 0.29) is 18.0 Å². The van der Waals surface area contributed by atoms with Gasteiger partial charge in [0.15, 0.2) is 11.5 Å². The number of nitrogens with one attached hydrogen (secondary N) is 2. The molecule has 8 nitrogen and oxygen atoms in total. The van der Waals surface area contributed by atoms with Crippen LogP contribution in [-0.4, -0.2) is 42.5 Å². The quantitative estimate of drug-likeness (QED) is 0.318. The first kappa shape index (κ1) is 23.8. The molecule has 0 saturated carbocycles. The van der Waals surface area contributed by atoms with Crippen molar-refractivity contribution in [2.45, 2.75) is 6.92 Å². The Bertz CT molecular complexity index is 1180. The molecule has 2 aromatic carbocycles. The van der Waals surface area contributed by atoms with E-state index in [1.54, 1.807) is 25.1 Å². The second-order valence-electron chi connectivity index (χ2n) is 6.66. The van der Waals surface area contributed by atoms with Gasteiger partial charge < -0.3 is 20.1 Å². The molecular formula is C23H19BrFN3O5. The maximum atomic E-state index is 13.7. The maximum absolute atomic E-state index is 13.7. The third kappa shape index (κ3) is 5.70. The molecule has 2 N–H and O–H groups in total. The Balaban J connectivity index is 1.78. The van der Waals surface area contributed by atoms with Crippen molar-refractivity contribution in [2.75, 3.05) is 25.1 Å². The molecule has 1 aliphatic heterocycles. The summed E-state index contributed by atoms with van der Waals surface area (Å²) in [5.74, 6) is 1.12. The van der Waals surface area contributed by atoms with Crippen LogP contribution < -0.4 is 20.1 Å². The molecule has 0 aromatic heterocycles. The third-order valence-corrected chi connectivity index (χ3v) is 4.94. The fourth-order valence-electron chi connectivity index (χ4n) is 2.97. The lowest BCUT2D eigenvalue weighted by Gasteiger charge is -2.13. The van der Waals surface area contributed by atoms with E-state index >= 15 is 0 Å². The molecule has 1 fully saturated rings. The van der Waals surface area contributed by atoms with Gasteiger partial charge in [-0.25, -0.2) is 14.1 Å². The second-order valence-corrected chi connectivity index (χ2v) is 7.52. The zero-order chi connectivity index (χ0) is 24.0. The van der Waals surface area contributed by atoms with E-state index in [1.807, 2.05) is 0 Å². The number of urea groups is 1.